The molecule has 0 spiro atoms. The van der Waals surface area contributed by atoms with Gasteiger partial charge in [0.15, 0.2) is 0 Å². The number of anilines is 1. The van der Waals surface area contributed by atoms with Crippen LogP contribution in [-0.4, -0.2) is 45.4 Å². The number of carbonyl (C=O) groups excluding carboxylic acids is 1. The lowest BCUT2D eigenvalue weighted by Gasteiger charge is -2.33. The van der Waals surface area contributed by atoms with Gasteiger partial charge in [-0.1, -0.05) is 18.3 Å². The molecule has 1 aromatic rings. The Labute approximate surface area is 116 Å². The second-order valence-corrected chi connectivity index (χ2v) is 6.04. The number of nitrogens with zero attached hydrogens (tertiary/aromatic N) is 3. The van der Waals surface area contributed by atoms with Crippen LogP contribution in [0.4, 0.5) is 9.93 Å². The van der Waals surface area contributed by atoms with E-state index < -0.39 is 0 Å². The number of nitrogens with one attached hydrogen (secondary N) is 1. The van der Waals surface area contributed by atoms with Crippen molar-refractivity contribution in [1.29, 1.82) is 0 Å². The number of likely N-dealkylation sites (tertiary alicyclic amines) is 1. The molecule has 1 aliphatic heterocycles. The van der Waals surface area contributed by atoms with Crippen LogP contribution in [0.1, 0.15) is 31.2 Å². The van der Waals surface area contributed by atoms with E-state index in [0.29, 0.717) is 24.1 Å². The van der Waals surface area contributed by atoms with Gasteiger partial charge in [0.25, 0.3) is 0 Å². The molecule has 0 aromatic carbocycles. The molecule has 2 heterocycles. The standard InChI is InChI=1S/C12H20N4O2S/c1-3-10(17)9-4-6-16(7-5-9)12(18)13-11-15-14-8(2)19-11/h9-10,17H,3-7H2,1-2H3,(H,13,15,18). The molecule has 0 radical (unpaired) electrons. The molecule has 6 nitrogen and oxygen atoms in total. The number of aliphatic hydroxyl groups is 1. The minimum atomic E-state index is -0.240. The smallest absolute Gasteiger partial charge is 0.323 e. The summed E-state index contributed by atoms with van der Waals surface area (Å²) in [5.74, 6) is 0.317. The molecule has 0 bridgehead atoms. The van der Waals surface area contributed by atoms with Gasteiger partial charge in [0.05, 0.1) is 6.10 Å². The number of amides is 2. The fourth-order valence-electron chi connectivity index (χ4n) is 2.34. The van der Waals surface area contributed by atoms with Gasteiger partial charge in [-0.3, -0.25) is 5.32 Å². The fourth-order valence-corrected chi connectivity index (χ4v) is 2.92. The van der Waals surface area contributed by atoms with Gasteiger partial charge in [0.2, 0.25) is 5.13 Å². The molecule has 0 saturated carbocycles. The summed E-state index contributed by atoms with van der Waals surface area (Å²) >= 11 is 1.37. The van der Waals surface area contributed by atoms with Crippen LogP contribution in [-0.2, 0) is 0 Å². The van der Waals surface area contributed by atoms with Crippen molar-refractivity contribution in [2.75, 3.05) is 18.4 Å². The van der Waals surface area contributed by atoms with Crippen LogP contribution in [0.5, 0.6) is 0 Å². The Balaban J connectivity index is 1.82. The lowest BCUT2D eigenvalue weighted by molar-refractivity contribution is 0.0660. The summed E-state index contributed by atoms with van der Waals surface area (Å²) in [5.41, 5.74) is 0. The summed E-state index contributed by atoms with van der Waals surface area (Å²) in [4.78, 5) is 13.8. The average Bonchev–Trinajstić information content (AvgIpc) is 2.83. The van der Waals surface area contributed by atoms with Gasteiger partial charge in [0.1, 0.15) is 5.01 Å². The predicted molar refractivity (Wildman–Crippen MR) is 74.3 cm³/mol. The van der Waals surface area contributed by atoms with E-state index in [4.69, 9.17) is 0 Å². The van der Waals surface area contributed by atoms with E-state index in [0.717, 1.165) is 24.3 Å². The SMILES string of the molecule is CCC(O)C1CCN(C(=O)Nc2nnc(C)s2)CC1. The Morgan fingerprint density at radius 1 is 1.53 bits per heavy atom. The molecular weight excluding hydrogens is 264 g/mol. The lowest BCUT2D eigenvalue weighted by Crippen LogP contribution is -2.43. The van der Waals surface area contributed by atoms with Crippen molar-refractivity contribution in [3.63, 3.8) is 0 Å². The minimum absolute atomic E-state index is 0.124. The van der Waals surface area contributed by atoms with E-state index in [1.165, 1.54) is 11.3 Å². The molecule has 2 N–H and O–H groups in total. The molecule has 1 aromatic heterocycles. The Kier molecular flexibility index (Phi) is 4.71. The van der Waals surface area contributed by atoms with Gasteiger partial charge < -0.3 is 10.0 Å². The van der Waals surface area contributed by atoms with Crippen molar-refractivity contribution in [2.45, 2.75) is 39.2 Å². The number of piperidine rings is 1. The summed E-state index contributed by atoms with van der Waals surface area (Å²) in [6, 6.07) is -0.124. The van der Waals surface area contributed by atoms with Gasteiger partial charge in [-0.2, -0.15) is 0 Å². The third-order valence-corrected chi connectivity index (χ3v) is 4.28. The summed E-state index contributed by atoms with van der Waals surface area (Å²) in [5, 5.41) is 21.7. The normalized spacial score (nSPS) is 18.4. The molecule has 1 aliphatic rings. The van der Waals surface area contributed by atoms with E-state index in [1.54, 1.807) is 4.90 Å². The van der Waals surface area contributed by atoms with E-state index in [1.807, 2.05) is 13.8 Å². The molecule has 106 valence electrons. The number of aromatic nitrogens is 2. The zero-order valence-corrected chi connectivity index (χ0v) is 12.1. The molecule has 2 rings (SSSR count). The van der Waals surface area contributed by atoms with Crippen molar-refractivity contribution in [2.24, 2.45) is 5.92 Å². The zero-order valence-electron chi connectivity index (χ0n) is 11.3. The van der Waals surface area contributed by atoms with Gasteiger partial charge in [-0.15, -0.1) is 10.2 Å². The van der Waals surface area contributed by atoms with Gasteiger partial charge >= 0.3 is 6.03 Å². The minimum Gasteiger partial charge on any atom is -0.393 e. The average molecular weight is 284 g/mol. The van der Waals surface area contributed by atoms with E-state index >= 15 is 0 Å². The maximum Gasteiger partial charge on any atom is 0.323 e. The third-order valence-electron chi connectivity index (χ3n) is 3.53. The number of hydrogen-bond acceptors (Lipinski definition) is 5. The molecule has 1 saturated heterocycles. The molecule has 7 heteroatoms. The molecule has 1 unspecified atom stereocenters. The van der Waals surface area contributed by atoms with Gasteiger partial charge in [0, 0.05) is 13.1 Å². The number of aryl methyl sites for hydroxylation is 1. The first-order valence-corrected chi connectivity index (χ1v) is 7.46. The van der Waals surface area contributed by atoms with E-state index in [9.17, 15) is 9.90 Å². The number of hydrogen-bond donors (Lipinski definition) is 2. The maximum atomic E-state index is 12.0. The first-order chi connectivity index (χ1) is 9.10. The third kappa shape index (κ3) is 3.63. The Bertz CT molecular complexity index is 429. The maximum absolute atomic E-state index is 12.0. The van der Waals surface area contributed by atoms with Crippen molar-refractivity contribution < 1.29 is 9.90 Å². The quantitative estimate of drug-likeness (QED) is 0.888. The highest BCUT2D eigenvalue weighted by atomic mass is 32.1. The first kappa shape index (κ1) is 14.2. The van der Waals surface area contributed by atoms with Crippen molar-refractivity contribution in [3.05, 3.63) is 5.01 Å². The highest BCUT2D eigenvalue weighted by Gasteiger charge is 2.26. The van der Waals surface area contributed by atoms with Crippen molar-refractivity contribution >= 4 is 22.5 Å². The molecule has 0 aliphatic carbocycles. The first-order valence-electron chi connectivity index (χ1n) is 6.64. The summed E-state index contributed by atoms with van der Waals surface area (Å²) in [6.07, 6.45) is 2.26. The second-order valence-electron chi connectivity index (χ2n) is 4.86. The lowest BCUT2D eigenvalue weighted by atomic mass is 9.90. The van der Waals surface area contributed by atoms with E-state index in [2.05, 4.69) is 15.5 Å². The van der Waals surface area contributed by atoms with Gasteiger partial charge in [-0.25, -0.2) is 4.79 Å². The monoisotopic (exact) mass is 284 g/mol. The Hall–Kier alpha value is -1.21. The number of urea groups is 1. The fraction of sp³-hybridized carbons (Fsp3) is 0.750. The predicted octanol–water partition coefficient (Wildman–Crippen LogP) is 1.86. The van der Waals surface area contributed by atoms with E-state index in [-0.39, 0.29) is 12.1 Å². The summed E-state index contributed by atoms with van der Waals surface area (Å²) in [7, 11) is 0. The zero-order chi connectivity index (χ0) is 13.8. The highest BCUT2D eigenvalue weighted by Crippen LogP contribution is 2.23. The molecular formula is C12H20N4O2S. The number of carbonyl (C=O) groups is 1. The molecule has 1 fully saturated rings. The Morgan fingerprint density at radius 3 is 2.74 bits per heavy atom. The van der Waals surface area contributed by atoms with Crippen LogP contribution in [0.3, 0.4) is 0 Å². The van der Waals surface area contributed by atoms with Crippen LogP contribution in [0.15, 0.2) is 0 Å². The largest absolute Gasteiger partial charge is 0.393 e. The number of aliphatic hydroxyl groups excluding tert-OH is 1. The Morgan fingerprint density at radius 2 is 2.21 bits per heavy atom. The number of rotatable bonds is 3. The van der Waals surface area contributed by atoms with Crippen LogP contribution in [0.25, 0.3) is 0 Å². The molecule has 19 heavy (non-hydrogen) atoms. The topological polar surface area (TPSA) is 78.4 Å². The van der Waals surface area contributed by atoms with Crippen LogP contribution < -0.4 is 5.32 Å². The van der Waals surface area contributed by atoms with Crippen molar-refractivity contribution in [3.8, 4) is 0 Å². The highest BCUT2D eigenvalue weighted by molar-refractivity contribution is 7.15. The van der Waals surface area contributed by atoms with Crippen LogP contribution >= 0.6 is 11.3 Å². The molecule has 2 amide bonds. The molecule has 1 atom stereocenters. The van der Waals surface area contributed by atoms with Crippen LogP contribution in [0, 0.1) is 12.8 Å². The van der Waals surface area contributed by atoms with Gasteiger partial charge in [-0.05, 0) is 32.1 Å². The summed E-state index contributed by atoms with van der Waals surface area (Å²) in [6.45, 7) is 5.21. The van der Waals surface area contributed by atoms with Crippen LogP contribution in [0.2, 0.25) is 0 Å². The second kappa shape index (κ2) is 6.29. The summed E-state index contributed by atoms with van der Waals surface area (Å²) < 4.78 is 0. The van der Waals surface area contributed by atoms with Crippen molar-refractivity contribution in [1.82, 2.24) is 15.1 Å².